The second kappa shape index (κ2) is 6.54. The normalized spacial score (nSPS) is 11.6. The fourth-order valence-electron chi connectivity index (χ4n) is 1.50. The SMILES string of the molecule is Cc1nc(CSCC(=O)N(C)CC(C)(C)O)cs1. The van der Waals surface area contributed by atoms with Crippen LogP contribution in [0.2, 0.25) is 0 Å². The molecule has 4 nitrogen and oxygen atoms in total. The zero-order valence-electron chi connectivity index (χ0n) is 11.3. The molecule has 0 aromatic carbocycles. The Balaban J connectivity index is 2.28. The Kier molecular flexibility index (Phi) is 5.62. The van der Waals surface area contributed by atoms with Gasteiger partial charge >= 0.3 is 0 Å². The summed E-state index contributed by atoms with van der Waals surface area (Å²) in [6.07, 6.45) is 0. The van der Waals surface area contributed by atoms with Gasteiger partial charge in [-0.05, 0) is 20.8 Å². The van der Waals surface area contributed by atoms with Crippen LogP contribution < -0.4 is 0 Å². The number of thioether (sulfide) groups is 1. The number of carbonyl (C=O) groups is 1. The molecule has 0 unspecified atom stereocenters. The van der Waals surface area contributed by atoms with Gasteiger partial charge in [0.05, 0.1) is 22.1 Å². The van der Waals surface area contributed by atoms with E-state index in [4.69, 9.17) is 0 Å². The minimum Gasteiger partial charge on any atom is -0.389 e. The summed E-state index contributed by atoms with van der Waals surface area (Å²) in [6.45, 7) is 5.72. The first-order valence-electron chi connectivity index (χ1n) is 5.73. The van der Waals surface area contributed by atoms with Gasteiger partial charge in [-0.3, -0.25) is 4.79 Å². The molecule has 1 aromatic heterocycles. The van der Waals surface area contributed by atoms with E-state index in [1.807, 2.05) is 12.3 Å². The fourth-order valence-corrected chi connectivity index (χ4v) is 3.07. The van der Waals surface area contributed by atoms with E-state index >= 15 is 0 Å². The van der Waals surface area contributed by atoms with Gasteiger partial charge in [0, 0.05) is 24.7 Å². The summed E-state index contributed by atoms with van der Waals surface area (Å²) < 4.78 is 0. The molecule has 6 heteroatoms. The quantitative estimate of drug-likeness (QED) is 0.869. The molecule has 0 atom stereocenters. The van der Waals surface area contributed by atoms with Gasteiger partial charge in [0.2, 0.25) is 5.91 Å². The van der Waals surface area contributed by atoms with Gasteiger partial charge in [-0.15, -0.1) is 23.1 Å². The van der Waals surface area contributed by atoms with Crippen molar-refractivity contribution < 1.29 is 9.90 Å². The third kappa shape index (κ3) is 5.84. The average Bonchev–Trinajstić information content (AvgIpc) is 2.61. The lowest BCUT2D eigenvalue weighted by Crippen LogP contribution is -2.40. The molecule has 0 aliphatic heterocycles. The molecule has 0 spiro atoms. The van der Waals surface area contributed by atoms with E-state index in [1.165, 1.54) is 0 Å². The van der Waals surface area contributed by atoms with Gasteiger partial charge < -0.3 is 10.0 Å². The minimum absolute atomic E-state index is 0.0362. The molecule has 0 bridgehead atoms. The number of likely N-dealkylation sites (N-methyl/N-ethyl adjacent to an activating group) is 1. The average molecular weight is 288 g/mol. The Hall–Kier alpha value is -0.590. The number of hydrogen-bond donors (Lipinski definition) is 1. The Morgan fingerprint density at radius 2 is 2.28 bits per heavy atom. The topological polar surface area (TPSA) is 53.4 Å². The van der Waals surface area contributed by atoms with Crippen LogP contribution in [0.3, 0.4) is 0 Å². The summed E-state index contributed by atoms with van der Waals surface area (Å²) in [5.74, 6) is 1.21. The minimum atomic E-state index is -0.846. The van der Waals surface area contributed by atoms with Crippen LogP contribution in [0.25, 0.3) is 0 Å². The standard InChI is InChI=1S/C12H20N2O2S2/c1-9-13-10(6-18-9)5-17-7-11(15)14(4)8-12(2,3)16/h6,16H,5,7-8H2,1-4H3. The maximum absolute atomic E-state index is 11.8. The van der Waals surface area contributed by atoms with E-state index in [9.17, 15) is 9.90 Å². The molecule has 0 aliphatic rings. The van der Waals surface area contributed by atoms with Crippen molar-refractivity contribution in [1.82, 2.24) is 9.88 Å². The van der Waals surface area contributed by atoms with Crippen LogP contribution in [-0.4, -0.2) is 45.8 Å². The molecule has 0 fully saturated rings. The van der Waals surface area contributed by atoms with Gasteiger partial charge in [0.15, 0.2) is 0 Å². The van der Waals surface area contributed by atoms with Crippen molar-refractivity contribution in [2.24, 2.45) is 0 Å². The predicted octanol–water partition coefficient (Wildman–Crippen LogP) is 1.91. The first-order chi connectivity index (χ1) is 8.28. The number of nitrogens with zero attached hydrogens (tertiary/aromatic N) is 2. The summed E-state index contributed by atoms with van der Waals surface area (Å²) in [7, 11) is 1.72. The van der Waals surface area contributed by atoms with Crippen molar-refractivity contribution >= 4 is 29.0 Å². The second-order valence-corrected chi connectivity index (χ2v) is 6.96. The maximum Gasteiger partial charge on any atom is 0.232 e. The van der Waals surface area contributed by atoms with Crippen LogP contribution in [0.15, 0.2) is 5.38 Å². The van der Waals surface area contributed by atoms with Crippen LogP contribution in [0.5, 0.6) is 0 Å². The molecule has 1 heterocycles. The van der Waals surface area contributed by atoms with Gasteiger partial charge in [-0.2, -0.15) is 0 Å². The van der Waals surface area contributed by atoms with Crippen LogP contribution >= 0.6 is 23.1 Å². The zero-order chi connectivity index (χ0) is 13.8. The van der Waals surface area contributed by atoms with E-state index in [2.05, 4.69) is 4.98 Å². The highest BCUT2D eigenvalue weighted by molar-refractivity contribution is 7.99. The van der Waals surface area contributed by atoms with Crippen molar-refractivity contribution in [2.45, 2.75) is 32.1 Å². The number of thiazole rings is 1. The van der Waals surface area contributed by atoms with Crippen molar-refractivity contribution in [3.05, 3.63) is 16.1 Å². The highest BCUT2D eigenvalue weighted by Gasteiger charge is 2.19. The zero-order valence-corrected chi connectivity index (χ0v) is 12.9. The summed E-state index contributed by atoms with van der Waals surface area (Å²) in [6, 6.07) is 0. The Labute approximate surface area is 116 Å². The van der Waals surface area contributed by atoms with Crippen molar-refractivity contribution in [2.75, 3.05) is 19.3 Å². The lowest BCUT2D eigenvalue weighted by Gasteiger charge is -2.25. The van der Waals surface area contributed by atoms with E-state index < -0.39 is 5.60 Å². The number of aryl methyl sites for hydroxylation is 1. The molecule has 0 radical (unpaired) electrons. The number of aliphatic hydroxyl groups is 1. The molecule has 102 valence electrons. The number of amides is 1. The largest absolute Gasteiger partial charge is 0.389 e. The third-order valence-corrected chi connectivity index (χ3v) is 3.97. The Morgan fingerprint density at radius 3 is 2.78 bits per heavy atom. The lowest BCUT2D eigenvalue weighted by atomic mass is 10.1. The van der Waals surface area contributed by atoms with Crippen LogP contribution in [-0.2, 0) is 10.5 Å². The van der Waals surface area contributed by atoms with E-state index in [1.54, 1.807) is 48.9 Å². The van der Waals surface area contributed by atoms with Gasteiger partial charge in [-0.1, -0.05) is 0 Å². The molecule has 0 aliphatic carbocycles. The number of rotatable bonds is 6. The number of hydrogen-bond acceptors (Lipinski definition) is 5. The van der Waals surface area contributed by atoms with Crippen molar-refractivity contribution in [3.8, 4) is 0 Å². The number of carbonyl (C=O) groups excluding carboxylic acids is 1. The molecular weight excluding hydrogens is 268 g/mol. The van der Waals surface area contributed by atoms with Crippen LogP contribution in [0.1, 0.15) is 24.5 Å². The van der Waals surface area contributed by atoms with E-state index in [0.29, 0.717) is 12.3 Å². The van der Waals surface area contributed by atoms with Crippen molar-refractivity contribution in [1.29, 1.82) is 0 Å². The number of aromatic nitrogens is 1. The van der Waals surface area contributed by atoms with Crippen molar-refractivity contribution in [3.63, 3.8) is 0 Å². The Morgan fingerprint density at radius 1 is 1.61 bits per heavy atom. The molecule has 1 N–H and O–H groups in total. The molecule has 0 saturated heterocycles. The highest BCUT2D eigenvalue weighted by Crippen LogP contribution is 2.15. The molecular formula is C12H20N2O2S2. The maximum atomic E-state index is 11.8. The summed E-state index contributed by atoms with van der Waals surface area (Å²) in [5, 5.41) is 12.7. The molecule has 1 rings (SSSR count). The summed E-state index contributed by atoms with van der Waals surface area (Å²) >= 11 is 3.18. The highest BCUT2D eigenvalue weighted by atomic mass is 32.2. The van der Waals surface area contributed by atoms with E-state index in [-0.39, 0.29) is 5.91 Å². The summed E-state index contributed by atoms with van der Waals surface area (Å²) in [4.78, 5) is 17.7. The Bertz CT molecular complexity index is 399. The van der Waals surface area contributed by atoms with Crippen LogP contribution in [0, 0.1) is 6.92 Å². The lowest BCUT2D eigenvalue weighted by molar-refractivity contribution is -0.129. The smallest absolute Gasteiger partial charge is 0.232 e. The predicted molar refractivity (Wildman–Crippen MR) is 76.9 cm³/mol. The van der Waals surface area contributed by atoms with E-state index in [0.717, 1.165) is 16.5 Å². The molecule has 1 amide bonds. The van der Waals surface area contributed by atoms with Gasteiger partial charge in [0.25, 0.3) is 0 Å². The molecule has 0 saturated carbocycles. The monoisotopic (exact) mass is 288 g/mol. The fraction of sp³-hybridized carbons (Fsp3) is 0.667. The van der Waals surface area contributed by atoms with Gasteiger partial charge in [-0.25, -0.2) is 4.98 Å². The first-order valence-corrected chi connectivity index (χ1v) is 7.76. The molecule has 1 aromatic rings. The van der Waals surface area contributed by atoms with Gasteiger partial charge in [0.1, 0.15) is 0 Å². The molecule has 18 heavy (non-hydrogen) atoms. The van der Waals surface area contributed by atoms with Crippen LogP contribution in [0.4, 0.5) is 0 Å². The third-order valence-electron chi connectivity index (χ3n) is 2.19. The first kappa shape index (κ1) is 15.5. The summed E-state index contributed by atoms with van der Waals surface area (Å²) in [5.41, 5.74) is 0.182. The second-order valence-electron chi connectivity index (χ2n) is 4.91.